The first-order chi connectivity index (χ1) is 15.9. The number of carbonyl (C=O) groups is 2. The standard InChI is InChI=1S/C27H29N3O3/c1-19-16-21-12-15-33-25(21)18-23(19)27(32)30(3)22(17-20-8-5-4-6-9-20)11-13-28-26(31)24-10-7-14-29(24)2/h4-10,12,14-16,18,22H,11,13,17H2,1-3H3,(H,28,31)/t22-/m1/s1. The molecule has 0 fully saturated rings. The summed E-state index contributed by atoms with van der Waals surface area (Å²) in [5, 5.41) is 3.98. The summed E-state index contributed by atoms with van der Waals surface area (Å²) in [6, 6.07) is 19.4. The van der Waals surface area contributed by atoms with Crippen LogP contribution in [-0.4, -0.2) is 40.9 Å². The molecule has 1 N–H and O–H groups in total. The summed E-state index contributed by atoms with van der Waals surface area (Å²) in [7, 11) is 3.68. The number of rotatable bonds is 8. The minimum absolute atomic E-state index is 0.0551. The van der Waals surface area contributed by atoms with Gasteiger partial charge in [0, 0.05) is 43.8 Å². The molecule has 0 saturated heterocycles. The number of benzene rings is 2. The highest BCUT2D eigenvalue weighted by molar-refractivity contribution is 5.99. The molecule has 2 aromatic carbocycles. The third-order valence-electron chi connectivity index (χ3n) is 6.15. The van der Waals surface area contributed by atoms with Gasteiger partial charge in [0.2, 0.25) is 0 Å². The average molecular weight is 444 g/mol. The Labute approximate surface area is 193 Å². The number of furan rings is 1. The summed E-state index contributed by atoms with van der Waals surface area (Å²) >= 11 is 0. The summed E-state index contributed by atoms with van der Waals surface area (Å²) in [5.41, 5.74) is 4.00. The predicted octanol–water partition coefficient (Wildman–Crippen LogP) is 4.58. The number of hydrogen-bond donors (Lipinski definition) is 1. The smallest absolute Gasteiger partial charge is 0.267 e. The number of nitrogens with one attached hydrogen (secondary N) is 1. The molecule has 2 heterocycles. The Bertz CT molecular complexity index is 1260. The monoisotopic (exact) mass is 443 g/mol. The maximum absolute atomic E-state index is 13.5. The fraction of sp³-hybridized carbons (Fsp3) is 0.259. The van der Waals surface area contributed by atoms with Crippen LogP contribution in [0.3, 0.4) is 0 Å². The van der Waals surface area contributed by atoms with Crippen LogP contribution >= 0.6 is 0 Å². The number of nitrogens with zero attached hydrogens (tertiary/aromatic N) is 2. The topological polar surface area (TPSA) is 67.5 Å². The molecule has 33 heavy (non-hydrogen) atoms. The van der Waals surface area contributed by atoms with Gasteiger partial charge in [0.1, 0.15) is 11.3 Å². The van der Waals surface area contributed by atoms with E-state index in [0.29, 0.717) is 36.2 Å². The number of hydrogen-bond acceptors (Lipinski definition) is 3. The van der Waals surface area contributed by atoms with Crippen molar-refractivity contribution >= 4 is 22.8 Å². The Hall–Kier alpha value is -3.80. The lowest BCUT2D eigenvalue weighted by Crippen LogP contribution is -2.41. The van der Waals surface area contributed by atoms with E-state index in [1.807, 2.05) is 69.7 Å². The molecule has 0 unspecified atom stereocenters. The Morgan fingerprint density at radius 3 is 2.61 bits per heavy atom. The molecule has 4 rings (SSSR count). The molecule has 0 bridgehead atoms. The van der Waals surface area contributed by atoms with E-state index >= 15 is 0 Å². The van der Waals surface area contributed by atoms with Crippen LogP contribution in [-0.2, 0) is 13.5 Å². The van der Waals surface area contributed by atoms with Crippen LogP contribution in [0.1, 0.15) is 38.4 Å². The third kappa shape index (κ3) is 5.00. The Morgan fingerprint density at radius 1 is 1.09 bits per heavy atom. The zero-order valence-corrected chi connectivity index (χ0v) is 19.2. The van der Waals surface area contributed by atoms with Gasteiger partial charge >= 0.3 is 0 Å². The highest BCUT2D eigenvalue weighted by Gasteiger charge is 2.24. The SMILES string of the molecule is Cc1cc2ccoc2cc1C(=O)N(C)[C@H](CCNC(=O)c1cccn1C)Cc1ccccc1. The Morgan fingerprint density at radius 2 is 1.88 bits per heavy atom. The number of aryl methyl sites for hydroxylation is 2. The molecular weight excluding hydrogens is 414 g/mol. The number of carbonyl (C=O) groups excluding carboxylic acids is 2. The highest BCUT2D eigenvalue weighted by atomic mass is 16.3. The summed E-state index contributed by atoms with van der Waals surface area (Å²) in [6.07, 6.45) is 4.81. The maximum atomic E-state index is 13.5. The molecule has 6 nitrogen and oxygen atoms in total. The van der Waals surface area contributed by atoms with Crippen LogP contribution in [0.4, 0.5) is 0 Å². The van der Waals surface area contributed by atoms with Gasteiger partial charge in [0.25, 0.3) is 11.8 Å². The summed E-state index contributed by atoms with van der Waals surface area (Å²) in [5.74, 6) is -0.172. The van der Waals surface area contributed by atoms with Crippen LogP contribution in [0.2, 0.25) is 0 Å². The molecule has 4 aromatic rings. The second-order valence-corrected chi connectivity index (χ2v) is 8.43. The lowest BCUT2D eigenvalue weighted by atomic mass is 9.99. The first-order valence-corrected chi connectivity index (χ1v) is 11.1. The van der Waals surface area contributed by atoms with Crippen molar-refractivity contribution in [3.05, 3.63) is 95.5 Å². The van der Waals surface area contributed by atoms with Crippen molar-refractivity contribution in [1.82, 2.24) is 14.8 Å². The molecule has 6 heteroatoms. The van der Waals surface area contributed by atoms with E-state index in [4.69, 9.17) is 4.42 Å². The minimum Gasteiger partial charge on any atom is -0.464 e. The lowest BCUT2D eigenvalue weighted by molar-refractivity contribution is 0.0722. The van der Waals surface area contributed by atoms with Crippen molar-refractivity contribution in [3.63, 3.8) is 0 Å². The van der Waals surface area contributed by atoms with Crippen molar-refractivity contribution in [2.24, 2.45) is 7.05 Å². The zero-order chi connectivity index (χ0) is 23.4. The van der Waals surface area contributed by atoms with Gasteiger partial charge in [-0.05, 0) is 61.2 Å². The predicted molar refractivity (Wildman–Crippen MR) is 129 cm³/mol. The van der Waals surface area contributed by atoms with Crippen LogP contribution in [0.5, 0.6) is 0 Å². The van der Waals surface area contributed by atoms with Crippen LogP contribution in [0, 0.1) is 6.92 Å². The molecule has 0 aliphatic heterocycles. The first-order valence-electron chi connectivity index (χ1n) is 11.1. The molecule has 1 atom stereocenters. The van der Waals surface area contributed by atoms with Gasteiger partial charge in [-0.3, -0.25) is 9.59 Å². The van der Waals surface area contributed by atoms with Gasteiger partial charge in [-0.2, -0.15) is 0 Å². The molecule has 0 saturated carbocycles. The van der Waals surface area contributed by atoms with Gasteiger partial charge < -0.3 is 19.2 Å². The zero-order valence-electron chi connectivity index (χ0n) is 19.2. The summed E-state index contributed by atoms with van der Waals surface area (Å²) < 4.78 is 7.31. The van der Waals surface area contributed by atoms with E-state index in [-0.39, 0.29) is 17.9 Å². The van der Waals surface area contributed by atoms with Crippen LogP contribution < -0.4 is 5.32 Å². The van der Waals surface area contributed by atoms with E-state index in [9.17, 15) is 9.59 Å². The fourth-order valence-electron chi connectivity index (χ4n) is 4.17. The average Bonchev–Trinajstić information content (AvgIpc) is 3.45. The van der Waals surface area contributed by atoms with Crippen molar-refractivity contribution < 1.29 is 14.0 Å². The van der Waals surface area contributed by atoms with Crippen molar-refractivity contribution in [2.45, 2.75) is 25.8 Å². The van der Waals surface area contributed by atoms with Gasteiger partial charge in [-0.25, -0.2) is 0 Å². The Kier molecular flexibility index (Phi) is 6.63. The maximum Gasteiger partial charge on any atom is 0.267 e. The van der Waals surface area contributed by atoms with Gasteiger partial charge in [-0.1, -0.05) is 30.3 Å². The normalized spacial score (nSPS) is 12.0. The molecule has 0 aliphatic carbocycles. The second kappa shape index (κ2) is 9.77. The summed E-state index contributed by atoms with van der Waals surface area (Å²) in [4.78, 5) is 27.8. The molecule has 170 valence electrons. The molecule has 0 spiro atoms. The van der Waals surface area contributed by atoms with Gasteiger partial charge in [0.05, 0.1) is 6.26 Å². The Balaban J connectivity index is 1.51. The van der Waals surface area contributed by atoms with E-state index in [1.165, 1.54) is 0 Å². The van der Waals surface area contributed by atoms with Gasteiger partial charge in [0.15, 0.2) is 0 Å². The first kappa shape index (κ1) is 22.4. The largest absolute Gasteiger partial charge is 0.464 e. The number of likely N-dealkylation sites (N-methyl/N-ethyl adjacent to an activating group) is 1. The molecule has 2 aromatic heterocycles. The quantitative estimate of drug-likeness (QED) is 0.433. The van der Waals surface area contributed by atoms with Crippen molar-refractivity contribution in [2.75, 3.05) is 13.6 Å². The fourth-order valence-corrected chi connectivity index (χ4v) is 4.17. The summed E-state index contributed by atoms with van der Waals surface area (Å²) in [6.45, 7) is 2.41. The lowest BCUT2D eigenvalue weighted by Gasteiger charge is -2.29. The van der Waals surface area contributed by atoms with Crippen LogP contribution in [0.25, 0.3) is 11.0 Å². The molecular formula is C27H29N3O3. The van der Waals surface area contributed by atoms with Crippen LogP contribution in [0.15, 0.2) is 77.5 Å². The molecule has 0 radical (unpaired) electrons. The highest BCUT2D eigenvalue weighted by Crippen LogP contribution is 2.23. The second-order valence-electron chi connectivity index (χ2n) is 8.43. The van der Waals surface area contributed by atoms with E-state index in [1.54, 1.807) is 21.8 Å². The van der Waals surface area contributed by atoms with E-state index < -0.39 is 0 Å². The van der Waals surface area contributed by atoms with Crippen molar-refractivity contribution in [3.8, 4) is 0 Å². The third-order valence-corrected chi connectivity index (χ3v) is 6.15. The van der Waals surface area contributed by atoms with E-state index in [0.717, 1.165) is 16.5 Å². The minimum atomic E-state index is -0.117. The number of fused-ring (bicyclic) bond motifs is 1. The molecule has 0 aliphatic rings. The van der Waals surface area contributed by atoms with Crippen molar-refractivity contribution in [1.29, 1.82) is 0 Å². The van der Waals surface area contributed by atoms with Gasteiger partial charge in [-0.15, -0.1) is 0 Å². The molecule has 2 amide bonds. The van der Waals surface area contributed by atoms with E-state index in [2.05, 4.69) is 17.4 Å². The number of amides is 2. The number of aromatic nitrogens is 1.